The number of carbonyl (C=O) groups is 2. The summed E-state index contributed by atoms with van der Waals surface area (Å²) in [4.78, 5) is 32.7. The van der Waals surface area contributed by atoms with Crippen molar-refractivity contribution in [3.8, 4) is 0 Å². The van der Waals surface area contributed by atoms with Crippen LogP contribution in [0.5, 0.6) is 0 Å². The molecule has 8 heteroatoms. The Morgan fingerprint density at radius 2 is 1.29 bits per heavy atom. The minimum Gasteiger partial charge on any atom is -0.465 e. The van der Waals surface area contributed by atoms with Crippen molar-refractivity contribution in [1.29, 1.82) is 0 Å². The molecule has 0 aliphatic carbocycles. The third kappa shape index (κ3) is 4.85. The first kappa shape index (κ1) is 22.6. The molecule has 0 fully saturated rings. The maximum atomic E-state index is 11.3. The summed E-state index contributed by atoms with van der Waals surface area (Å²) >= 11 is 0. The largest absolute Gasteiger partial charge is 0.465 e. The van der Waals surface area contributed by atoms with E-state index in [1.165, 1.54) is 20.3 Å². The summed E-state index contributed by atoms with van der Waals surface area (Å²) in [5.41, 5.74) is 9.78. The summed E-state index contributed by atoms with van der Waals surface area (Å²) in [7, 11) is 2.54. The Kier molecular flexibility index (Phi) is 7.67. The quantitative estimate of drug-likeness (QED) is 0.368. The van der Waals surface area contributed by atoms with Crippen molar-refractivity contribution < 1.29 is 24.0 Å². The van der Waals surface area contributed by atoms with Gasteiger partial charge in [0.15, 0.2) is 0 Å². The van der Waals surface area contributed by atoms with Gasteiger partial charge in [-0.15, -0.1) is 0 Å². The molecule has 0 atom stereocenters. The number of ether oxygens (including phenoxy) is 2. The minimum absolute atomic E-state index is 0.00870. The number of aryl methyl sites for hydroxylation is 2. The van der Waals surface area contributed by atoms with Crippen LogP contribution in [0.1, 0.15) is 43.0 Å². The van der Waals surface area contributed by atoms with E-state index >= 15 is 0 Å². The zero-order valence-electron chi connectivity index (χ0n) is 16.8. The van der Waals surface area contributed by atoms with Crippen molar-refractivity contribution in [2.24, 2.45) is 0 Å². The molecule has 2 rings (SSSR count). The Balaban J connectivity index is 0.000000283. The molecule has 2 aromatic carbocycles. The molecular formula is C20H24N2O6. The van der Waals surface area contributed by atoms with Gasteiger partial charge in [0.05, 0.1) is 24.7 Å². The molecule has 0 bridgehead atoms. The first-order valence-electron chi connectivity index (χ1n) is 8.33. The van der Waals surface area contributed by atoms with E-state index in [2.05, 4.69) is 9.47 Å². The number of hydrogen-bond acceptors (Lipinski definition) is 7. The van der Waals surface area contributed by atoms with Crippen molar-refractivity contribution >= 4 is 23.3 Å². The number of rotatable bonds is 3. The molecule has 0 saturated heterocycles. The second-order valence-corrected chi connectivity index (χ2v) is 6.11. The fourth-order valence-corrected chi connectivity index (χ4v) is 2.44. The number of methoxy groups -OCH3 is 2. The third-order valence-electron chi connectivity index (χ3n) is 4.48. The number of hydrogen-bond donors (Lipinski definition) is 1. The highest BCUT2D eigenvalue weighted by Crippen LogP contribution is 2.26. The highest BCUT2D eigenvalue weighted by atomic mass is 16.6. The zero-order chi connectivity index (χ0) is 21.6. The summed E-state index contributed by atoms with van der Waals surface area (Å²) in [5, 5.41) is 10.8. The predicted molar refractivity (Wildman–Crippen MR) is 106 cm³/mol. The lowest BCUT2D eigenvalue weighted by molar-refractivity contribution is -0.385. The third-order valence-corrected chi connectivity index (χ3v) is 4.48. The van der Waals surface area contributed by atoms with Gasteiger partial charge < -0.3 is 15.2 Å². The molecule has 0 heterocycles. The SMILES string of the molecule is COC(=O)c1ccc(C)c(C)c1N.COC(=O)c1ccc(C)c(C)c1[N+](=O)[O-]. The van der Waals surface area contributed by atoms with E-state index in [1.54, 1.807) is 26.0 Å². The van der Waals surface area contributed by atoms with Crippen LogP contribution in [0, 0.1) is 37.8 Å². The Morgan fingerprint density at radius 1 is 0.857 bits per heavy atom. The summed E-state index contributed by atoms with van der Waals surface area (Å²) < 4.78 is 9.07. The molecule has 0 aliphatic heterocycles. The molecule has 0 spiro atoms. The number of nitro groups is 1. The number of esters is 2. The number of nitrogen functional groups attached to an aromatic ring is 1. The van der Waals surface area contributed by atoms with Crippen molar-refractivity contribution in [2.45, 2.75) is 27.7 Å². The van der Waals surface area contributed by atoms with E-state index in [0.29, 0.717) is 16.8 Å². The molecule has 0 radical (unpaired) electrons. The molecule has 0 aromatic heterocycles. The van der Waals surface area contributed by atoms with Gasteiger partial charge in [-0.2, -0.15) is 0 Å². The van der Waals surface area contributed by atoms with E-state index in [1.807, 2.05) is 19.9 Å². The smallest absolute Gasteiger partial charge is 0.344 e. The van der Waals surface area contributed by atoms with E-state index in [9.17, 15) is 19.7 Å². The molecule has 2 N–H and O–H groups in total. The summed E-state index contributed by atoms with van der Waals surface area (Å²) in [6.07, 6.45) is 0. The van der Waals surface area contributed by atoms with Crippen LogP contribution >= 0.6 is 0 Å². The summed E-state index contributed by atoms with van der Waals surface area (Å²) in [6.45, 7) is 7.20. The number of nitrogens with two attached hydrogens (primary N) is 1. The van der Waals surface area contributed by atoms with Crippen molar-refractivity contribution in [1.82, 2.24) is 0 Å². The fraction of sp³-hybridized carbons (Fsp3) is 0.300. The summed E-state index contributed by atoms with van der Waals surface area (Å²) in [6, 6.07) is 6.61. The van der Waals surface area contributed by atoms with Crippen LogP contribution in [0.15, 0.2) is 24.3 Å². The predicted octanol–water partition coefficient (Wildman–Crippen LogP) is 3.67. The van der Waals surface area contributed by atoms with E-state index in [4.69, 9.17) is 5.73 Å². The number of benzene rings is 2. The van der Waals surface area contributed by atoms with Gasteiger partial charge in [-0.3, -0.25) is 10.1 Å². The molecule has 0 unspecified atom stereocenters. The van der Waals surface area contributed by atoms with Crippen LogP contribution in [0.25, 0.3) is 0 Å². The van der Waals surface area contributed by atoms with Crippen LogP contribution < -0.4 is 5.73 Å². The maximum absolute atomic E-state index is 11.3. The molecule has 0 aliphatic rings. The number of nitrogens with zero attached hydrogens (tertiary/aromatic N) is 1. The van der Waals surface area contributed by atoms with Gasteiger partial charge in [0.2, 0.25) is 0 Å². The van der Waals surface area contributed by atoms with Gasteiger partial charge in [-0.05, 0) is 56.5 Å². The Labute approximate surface area is 163 Å². The average molecular weight is 388 g/mol. The van der Waals surface area contributed by atoms with Gasteiger partial charge in [-0.25, -0.2) is 9.59 Å². The minimum atomic E-state index is -0.690. The maximum Gasteiger partial charge on any atom is 0.344 e. The molecule has 2 aromatic rings. The highest BCUT2D eigenvalue weighted by molar-refractivity contribution is 5.96. The Morgan fingerprint density at radius 3 is 1.75 bits per heavy atom. The van der Waals surface area contributed by atoms with Crippen LogP contribution in [0.3, 0.4) is 0 Å². The average Bonchev–Trinajstić information content (AvgIpc) is 2.67. The molecule has 150 valence electrons. The Bertz CT molecular complexity index is 921. The normalized spacial score (nSPS) is 9.79. The lowest BCUT2D eigenvalue weighted by atomic mass is 10.0. The number of anilines is 1. The van der Waals surface area contributed by atoms with Crippen LogP contribution in [-0.2, 0) is 9.47 Å². The molecule has 28 heavy (non-hydrogen) atoms. The number of nitro benzene ring substituents is 1. The van der Waals surface area contributed by atoms with Crippen LogP contribution in [-0.4, -0.2) is 31.1 Å². The van der Waals surface area contributed by atoms with Crippen molar-refractivity contribution in [3.05, 3.63) is 67.8 Å². The monoisotopic (exact) mass is 388 g/mol. The Hall–Kier alpha value is -3.42. The fourth-order valence-electron chi connectivity index (χ4n) is 2.44. The second-order valence-electron chi connectivity index (χ2n) is 6.11. The first-order chi connectivity index (χ1) is 13.1. The molecular weight excluding hydrogens is 364 g/mol. The zero-order valence-corrected chi connectivity index (χ0v) is 16.8. The highest BCUT2D eigenvalue weighted by Gasteiger charge is 2.24. The van der Waals surface area contributed by atoms with Gasteiger partial charge in [0.1, 0.15) is 5.56 Å². The molecule has 0 saturated carbocycles. The second kappa shape index (κ2) is 9.50. The van der Waals surface area contributed by atoms with Crippen LogP contribution in [0.2, 0.25) is 0 Å². The van der Waals surface area contributed by atoms with Crippen molar-refractivity contribution in [2.75, 3.05) is 20.0 Å². The number of carbonyl (C=O) groups excluding carboxylic acids is 2. The lowest BCUT2D eigenvalue weighted by Gasteiger charge is -2.08. The summed E-state index contributed by atoms with van der Waals surface area (Å²) in [5.74, 6) is -1.08. The topological polar surface area (TPSA) is 122 Å². The van der Waals surface area contributed by atoms with Gasteiger partial charge in [0, 0.05) is 11.3 Å². The van der Waals surface area contributed by atoms with Gasteiger partial charge in [-0.1, -0.05) is 12.1 Å². The van der Waals surface area contributed by atoms with E-state index in [0.717, 1.165) is 16.7 Å². The molecule has 0 amide bonds. The van der Waals surface area contributed by atoms with E-state index in [-0.39, 0.29) is 17.2 Å². The first-order valence-corrected chi connectivity index (χ1v) is 8.33. The van der Waals surface area contributed by atoms with Crippen LogP contribution in [0.4, 0.5) is 11.4 Å². The lowest BCUT2D eigenvalue weighted by Crippen LogP contribution is -2.07. The molecule has 8 nitrogen and oxygen atoms in total. The van der Waals surface area contributed by atoms with Gasteiger partial charge >= 0.3 is 11.9 Å². The standard InChI is InChI=1S/C10H11NO4.C10H13NO2/c1-6-4-5-8(10(12)15-3)9(7(6)2)11(13)14;1-6-4-5-8(10(12)13-3)9(11)7(6)2/h4-5H,1-3H3;4-5H,11H2,1-3H3. The van der Waals surface area contributed by atoms with E-state index < -0.39 is 10.9 Å². The van der Waals surface area contributed by atoms with Crippen molar-refractivity contribution in [3.63, 3.8) is 0 Å². The van der Waals surface area contributed by atoms with Gasteiger partial charge in [0.25, 0.3) is 5.69 Å².